The van der Waals surface area contributed by atoms with Gasteiger partial charge in [0.15, 0.2) is 0 Å². The molecule has 47 heavy (non-hydrogen) atoms. The van der Waals surface area contributed by atoms with E-state index in [4.69, 9.17) is 0 Å². The zero-order valence-corrected chi connectivity index (χ0v) is 32.6. The van der Waals surface area contributed by atoms with Crippen LogP contribution in [0.1, 0.15) is 245 Å². The first-order chi connectivity index (χ1) is 23.2. The minimum absolute atomic E-state index is 0.805. The lowest BCUT2D eigenvalue weighted by molar-refractivity contribution is 0.146. The molecule has 0 saturated heterocycles. The highest BCUT2D eigenvalue weighted by Crippen LogP contribution is 2.62. The molecule has 0 heterocycles. The Hall–Kier alpha value is 0. The van der Waals surface area contributed by atoms with E-state index in [2.05, 4.69) is 13.8 Å². The molecule has 0 N–H and O–H groups in total. The predicted molar refractivity (Wildman–Crippen MR) is 208 cm³/mol. The van der Waals surface area contributed by atoms with Crippen molar-refractivity contribution in [2.75, 3.05) is 0 Å². The van der Waals surface area contributed by atoms with Crippen molar-refractivity contribution in [3.8, 4) is 0 Å². The van der Waals surface area contributed by atoms with E-state index in [-0.39, 0.29) is 0 Å². The number of unbranched alkanes of at least 4 members (excludes halogenated alkanes) is 5. The van der Waals surface area contributed by atoms with Crippen LogP contribution in [0.15, 0.2) is 0 Å². The van der Waals surface area contributed by atoms with Crippen LogP contribution >= 0.6 is 0 Å². The first-order valence-corrected chi connectivity index (χ1v) is 23.2. The number of fused-ring (bicyclic) bond motifs is 4. The van der Waals surface area contributed by atoms with E-state index in [9.17, 15) is 0 Å². The molecule has 0 bridgehead atoms. The lowest BCUT2D eigenvalue weighted by atomic mass is 9.69. The average Bonchev–Trinajstić information content (AvgIpc) is 3.77. The molecule has 0 nitrogen and oxygen atoms in total. The Balaban J connectivity index is 1.12. The molecule has 0 aromatic heterocycles. The molecule has 0 radical (unpaired) electrons. The van der Waals surface area contributed by atoms with Gasteiger partial charge < -0.3 is 0 Å². The average molecular weight is 651 g/mol. The van der Waals surface area contributed by atoms with Gasteiger partial charge in [0.1, 0.15) is 0 Å². The smallest absolute Gasteiger partial charge is 0.0266 e. The molecule has 5 fully saturated rings. The van der Waals surface area contributed by atoms with Gasteiger partial charge in [-0.05, 0) is 91.3 Å². The second-order valence-corrected chi connectivity index (χ2v) is 19.2. The normalized spacial score (nSPS) is 39.2. The Kier molecular flexibility index (Phi) is 17.4. The van der Waals surface area contributed by atoms with E-state index in [1.54, 1.807) is 148 Å². The summed E-state index contributed by atoms with van der Waals surface area (Å²) < 4.78 is 0. The van der Waals surface area contributed by atoms with Crippen molar-refractivity contribution in [2.24, 2.45) is 52.8 Å². The molecule has 0 heteroatoms. The summed E-state index contributed by atoms with van der Waals surface area (Å²) in [5.74, 6) is 8.42. The quantitative estimate of drug-likeness (QED) is 0.241. The Morgan fingerprint density at radius 1 is 0.404 bits per heavy atom. The molecule has 5 aliphatic carbocycles. The summed E-state index contributed by atoms with van der Waals surface area (Å²) >= 11 is 0. The van der Waals surface area contributed by atoms with Crippen molar-refractivity contribution in [2.45, 2.75) is 245 Å². The predicted octanol–water partition coefficient (Wildman–Crippen LogP) is 16.1. The molecule has 5 rings (SSSR count). The molecule has 5 saturated carbocycles. The van der Waals surface area contributed by atoms with Crippen LogP contribution in [0, 0.1) is 52.8 Å². The minimum Gasteiger partial charge on any atom is -0.0654 e. The molecule has 9 atom stereocenters. The largest absolute Gasteiger partial charge is 0.0654 e. The van der Waals surface area contributed by atoms with E-state index in [1.807, 2.05) is 0 Å². The lowest BCUT2D eigenvalue weighted by Crippen LogP contribution is -2.25. The molecule has 0 aromatic carbocycles. The van der Waals surface area contributed by atoms with Gasteiger partial charge in [0, 0.05) is 0 Å². The van der Waals surface area contributed by atoms with Gasteiger partial charge in [0.05, 0.1) is 0 Å². The van der Waals surface area contributed by atoms with Crippen LogP contribution in [0.5, 0.6) is 0 Å². The van der Waals surface area contributed by atoms with Gasteiger partial charge in [-0.15, -0.1) is 0 Å². The maximum absolute atomic E-state index is 2.67. The first-order valence-electron chi connectivity index (χ1n) is 23.2. The van der Waals surface area contributed by atoms with Crippen molar-refractivity contribution < 1.29 is 0 Å². The molecule has 0 amide bonds. The van der Waals surface area contributed by atoms with Crippen LogP contribution in [-0.4, -0.2) is 0 Å². The summed E-state index contributed by atoms with van der Waals surface area (Å²) in [5, 5.41) is 0. The van der Waals surface area contributed by atoms with Crippen LogP contribution in [0.4, 0.5) is 0 Å². The summed E-state index contributed by atoms with van der Waals surface area (Å²) in [5.41, 5.74) is 0.805. The monoisotopic (exact) mass is 651 g/mol. The summed E-state index contributed by atoms with van der Waals surface area (Å²) in [4.78, 5) is 0. The number of hydrogen-bond acceptors (Lipinski definition) is 0. The van der Waals surface area contributed by atoms with Gasteiger partial charge in [0.2, 0.25) is 0 Å². The number of hydrogen-bond donors (Lipinski definition) is 0. The van der Waals surface area contributed by atoms with Gasteiger partial charge >= 0.3 is 0 Å². The van der Waals surface area contributed by atoms with E-state index in [0.717, 1.165) is 52.8 Å². The molecule has 9 unspecified atom stereocenters. The van der Waals surface area contributed by atoms with Gasteiger partial charge in [-0.25, -0.2) is 0 Å². The molecule has 0 aromatic rings. The summed E-state index contributed by atoms with van der Waals surface area (Å²) in [6.07, 6.45) is 55.7. The van der Waals surface area contributed by atoms with Crippen LogP contribution < -0.4 is 0 Å². The highest BCUT2D eigenvalue weighted by molar-refractivity contribution is 5.02. The van der Waals surface area contributed by atoms with E-state index < -0.39 is 0 Å². The second-order valence-electron chi connectivity index (χ2n) is 19.2. The van der Waals surface area contributed by atoms with Crippen molar-refractivity contribution in [3.05, 3.63) is 0 Å². The Morgan fingerprint density at radius 2 is 0.872 bits per heavy atom. The Morgan fingerprint density at radius 3 is 1.55 bits per heavy atom. The lowest BCUT2D eigenvalue weighted by Gasteiger charge is -2.36. The zero-order valence-electron chi connectivity index (χ0n) is 32.6. The molecular weight excluding hydrogens is 565 g/mol. The van der Waals surface area contributed by atoms with Crippen LogP contribution in [-0.2, 0) is 0 Å². The summed E-state index contributed by atoms with van der Waals surface area (Å²) in [6.45, 7) is 5.02. The van der Waals surface area contributed by atoms with Crippen molar-refractivity contribution >= 4 is 0 Å². The first kappa shape index (κ1) is 38.2. The number of rotatable bonds is 7. The second kappa shape index (κ2) is 21.4. The zero-order chi connectivity index (χ0) is 32.6. The molecule has 0 spiro atoms. The van der Waals surface area contributed by atoms with Crippen LogP contribution in [0.25, 0.3) is 0 Å². The maximum Gasteiger partial charge on any atom is -0.0266 e. The molecule has 5 aliphatic rings. The van der Waals surface area contributed by atoms with E-state index >= 15 is 0 Å². The summed E-state index contributed by atoms with van der Waals surface area (Å²) in [7, 11) is 0. The maximum atomic E-state index is 2.67. The fraction of sp³-hybridized carbons (Fsp3) is 1.00. The van der Waals surface area contributed by atoms with Crippen molar-refractivity contribution in [3.63, 3.8) is 0 Å². The Bertz CT molecular complexity index is 798. The highest BCUT2D eigenvalue weighted by Gasteiger charge is 2.52. The standard InChI is InChI=1S/C47H86/c1-3-4-5-6-11-19-36-47-37-20-18-28-40-24-14-15-26-42-31-22-33-46-39(2)23-12-9-7-8-10-13-29-44(46)32-21-30-41(42)25-16-17-27-43(40)34-35-45(47)38-47/h39-46H,3-38H2,1-2H3. The molecular formula is C47H86. The SMILES string of the molecule is CCCCCCCCC12CCCCC3CCCCC4CCCC5C(C)CCCCCCCCC5CCCC4CCCCC3CCC1C2. The van der Waals surface area contributed by atoms with Crippen LogP contribution in [0.3, 0.4) is 0 Å². The van der Waals surface area contributed by atoms with Crippen molar-refractivity contribution in [1.29, 1.82) is 0 Å². The third kappa shape index (κ3) is 12.6. The van der Waals surface area contributed by atoms with Gasteiger partial charge in [-0.2, -0.15) is 0 Å². The van der Waals surface area contributed by atoms with Crippen LogP contribution in [0.2, 0.25) is 0 Å². The molecule has 0 aliphatic heterocycles. The van der Waals surface area contributed by atoms with E-state index in [0.29, 0.717) is 0 Å². The topological polar surface area (TPSA) is 0 Å². The third-order valence-corrected chi connectivity index (χ3v) is 16.0. The van der Waals surface area contributed by atoms with Gasteiger partial charge in [-0.1, -0.05) is 206 Å². The Labute approximate surface area is 296 Å². The van der Waals surface area contributed by atoms with Gasteiger partial charge in [0.25, 0.3) is 0 Å². The fourth-order valence-corrected chi connectivity index (χ4v) is 12.8. The van der Waals surface area contributed by atoms with E-state index in [1.165, 1.54) is 83.5 Å². The fourth-order valence-electron chi connectivity index (χ4n) is 12.8. The van der Waals surface area contributed by atoms with Gasteiger partial charge in [-0.3, -0.25) is 0 Å². The molecule has 274 valence electrons. The minimum atomic E-state index is 0.805. The summed E-state index contributed by atoms with van der Waals surface area (Å²) in [6, 6.07) is 0. The third-order valence-electron chi connectivity index (χ3n) is 16.0. The van der Waals surface area contributed by atoms with Crippen molar-refractivity contribution in [1.82, 2.24) is 0 Å². The highest BCUT2D eigenvalue weighted by atomic mass is 14.6.